The van der Waals surface area contributed by atoms with Gasteiger partial charge in [0.2, 0.25) is 11.9 Å². The molecule has 1 fully saturated rings. The van der Waals surface area contributed by atoms with Crippen molar-refractivity contribution in [3.63, 3.8) is 0 Å². The summed E-state index contributed by atoms with van der Waals surface area (Å²) in [7, 11) is 0. The summed E-state index contributed by atoms with van der Waals surface area (Å²) < 4.78 is 42.8. The minimum absolute atomic E-state index is 0.0290. The molecule has 0 N–H and O–H groups in total. The van der Waals surface area contributed by atoms with Crippen LogP contribution >= 0.6 is 12.6 Å². The summed E-state index contributed by atoms with van der Waals surface area (Å²) in [6.07, 6.45) is -2.21. The third-order valence-corrected chi connectivity index (χ3v) is 4.14. The molecule has 10 heteroatoms. The summed E-state index contributed by atoms with van der Waals surface area (Å²) >= 11 is 4.16. The molecule has 0 spiro atoms. The first-order valence-corrected chi connectivity index (χ1v) is 8.04. The van der Waals surface area contributed by atoms with Crippen LogP contribution in [0, 0.1) is 0 Å². The summed E-state index contributed by atoms with van der Waals surface area (Å²) in [5, 5.41) is 0. The SMILES string of the molecule is CCC(S)OCC(=O)N1CCN(c2ncc(C(F)(F)F)cn2)CC1. The fourth-order valence-corrected chi connectivity index (χ4v) is 2.24. The number of piperazine rings is 1. The van der Waals surface area contributed by atoms with Gasteiger partial charge in [-0.15, -0.1) is 12.6 Å². The van der Waals surface area contributed by atoms with Crippen LogP contribution in [0.4, 0.5) is 19.1 Å². The number of hydrogen-bond donors (Lipinski definition) is 1. The van der Waals surface area contributed by atoms with E-state index in [9.17, 15) is 18.0 Å². The van der Waals surface area contributed by atoms with Gasteiger partial charge < -0.3 is 14.5 Å². The van der Waals surface area contributed by atoms with E-state index in [1.54, 1.807) is 9.80 Å². The minimum Gasteiger partial charge on any atom is -0.358 e. The van der Waals surface area contributed by atoms with Gasteiger partial charge in [0.25, 0.3) is 0 Å². The number of alkyl halides is 3. The maximum Gasteiger partial charge on any atom is 0.419 e. The normalized spacial score (nSPS) is 17.0. The lowest BCUT2D eigenvalue weighted by molar-refractivity contribution is -0.138. The van der Waals surface area contributed by atoms with E-state index >= 15 is 0 Å². The fraction of sp³-hybridized carbons (Fsp3) is 0.643. The molecular formula is C14H19F3N4O2S. The molecule has 1 aliphatic rings. The third kappa shape index (κ3) is 4.97. The molecule has 1 aromatic rings. The first-order valence-electron chi connectivity index (χ1n) is 7.53. The van der Waals surface area contributed by atoms with E-state index in [0.717, 1.165) is 12.4 Å². The number of aromatic nitrogens is 2. The van der Waals surface area contributed by atoms with E-state index in [0.29, 0.717) is 32.6 Å². The highest BCUT2D eigenvalue weighted by molar-refractivity contribution is 7.80. The maximum atomic E-state index is 12.5. The second kappa shape index (κ2) is 8.02. The molecule has 0 saturated carbocycles. The lowest BCUT2D eigenvalue weighted by Gasteiger charge is -2.34. The molecule has 1 aliphatic heterocycles. The molecule has 134 valence electrons. The van der Waals surface area contributed by atoms with Crippen molar-refractivity contribution < 1.29 is 22.7 Å². The number of ether oxygens (including phenoxy) is 1. The van der Waals surface area contributed by atoms with Crippen molar-refractivity contribution in [2.45, 2.75) is 25.0 Å². The first kappa shape index (κ1) is 18.8. The zero-order valence-electron chi connectivity index (χ0n) is 13.2. The van der Waals surface area contributed by atoms with Crippen LogP contribution in [0.2, 0.25) is 0 Å². The van der Waals surface area contributed by atoms with E-state index in [1.165, 1.54) is 0 Å². The summed E-state index contributed by atoms with van der Waals surface area (Å²) in [6.45, 7) is 3.67. The van der Waals surface area contributed by atoms with Gasteiger partial charge in [-0.25, -0.2) is 9.97 Å². The molecule has 1 aromatic heterocycles. The predicted molar refractivity (Wildman–Crippen MR) is 84.8 cm³/mol. The smallest absolute Gasteiger partial charge is 0.358 e. The molecule has 1 unspecified atom stereocenters. The molecule has 1 amide bonds. The van der Waals surface area contributed by atoms with E-state index in [2.05, 4.69) is 22.6 Å². The Balaban J connectivity index is 1.85. The average Bonchev–Trinajstić information content (AvgIpc) is 2.58. The van der Waals surface area contributed by atoms with Gasteiger partial charge in [-0.05, 0) is 6.42 Å². The van der Waals surface area contributed by atoms with E-state index in [4.69, 9.17) is 4.74 Å². The van der Waals surface area contributed by atoms with Crippen molar-refractivity contribution >= 4 is 24.5 Å². The molecule has 0 bridgehead atoms. The van der Waals surface area contributed by atoms with Crippen molar-refractivity contribution in [1.82, 2.24) is 14.9 Å². The number of rotatable bonds is 5. The standard InChI is InChI=1S/C14H19F3N4O2S/c1-2-12(24)23-9-11(22)20-3-5-21(6-4-20)13-18-7-10(8-19-13)14(15,16)17/h7-8,12,24H,2-6,9H2,1H3. The quantitative estimate of drug-likeness (QED) is 0.638. The number of halogens is 3. The Labute approximate surface area is 143 Å². The van der Waals surface area contributed by atoms with E-state index in [-0.39, 0.29) is 23.9 Å². The number of nitrogens with zero attached hydrogens (tertiary/aromatic N) is 4. The van der Waals surface area contributed by atoms with Gasteiger partial charge in [-0.2, -0.15) is 13.2 Å². The van der Waals surface area contributed by atoms with Gasteiger partial charge in [0.05, 0.1) is 5.56 Å². The predicted octanol–water partition coefficient (Wildman–Crippen LogP) is 1.83. The van der Waals surface area contributed by atoms with Crippen LogP contribution in [-0.4, -0.2) is 59.0 Å². The van der Waals surface area contributed by atoms with Crippen LogP contribution in [0.5, 0.6) is 0 Å². The lowest BCUT2D eigenvalue weighted by Crippen LogP contribution is -2.50. The summed E-state index contributed by atoms with van der Waals surface area (Å²) in [5.74, 6) is 0.100. The molecule has 0 aromatic carbocycles. The number of thiol groups is 1. The van der Waals surface area contributed by atoms with Crippen LogP contribution in [-0.2, 0) is 15.7 Å². The molecule has 24 heavy (non-hydrogen) atoms. The Bertz CT molecular complexity index is 548. The van der Waals surface area contributed by atoms with Crippen LogP contribution in [0.25, 0.3) is 0 Å². The molecule has 0 aliphatic carbocycles. The van der Waals surface area contributed by atoms with Gasteiger partial charge in [-0.3, -0.25) is 4.79 Å². The third-order valence-electron chi connectivity index (χ3n) is 3.63. The van der Waals surface area contributed by atoms with Crippen molar-refractivity contribution in [3.8, 4) is 0 Å². The summed E-state index contributed by atoms with van der Waals surface area (Å²) in [5.41, 5.74) is -1.15. The Morgan fingerprint density at radius 2 is 1.88 bits per heavy atom. The highest BCUT2D eigenvalue weighted by Gasteiger charge is 2.32. The van der Waals surface area contributed by atoms with E-state index in [1.807, 2.05) is 6.92 Å². The average molecular weight is 364 g/mol. The monoisotopic (exact) mass is 364 g/mol. The molecule has 1 atom stereocenters. The highest BCUT2D eigenvalue weighted by atomic mass is 32.1. The van der Waals surface area contributed by atoms with Crippen molar-refractivity contribution in [2.24, 2.45) is 0 Å². The summed E-state index contributed by atoms with van der Waals surface area (Å²) in [4.78, 5) is 22.9. The zero-order valence-corrected chi connectivity index (χ0v) is 14.1. The largest absolute Gasteiger partial charge is 0.419 e. The van der Waals surface area contributed by atoms with Gasteiger partial charge in [-0.1, -0.05) is 6.92 Å². The minimum atomic E-state index is -4.45. The Morgan fingerprint density at radius 3 is 2.38 bits per heavy atom. The Hall–Kier alpha value is -1.55. The molecule has 2 rings (SSSR count). The number of anilines is 1. The Kier molecular flexibility index (Phi) is 6.27. The topological polar surface area (TPSA) is 58.6 Å². The van der Waals surface area contributed by atoms with Gasteiger partial charge >= 0.3 is 6.18 Å². The van der Waals surface area contributed by atoms with Crippen molar-refractivity contribution in [1.29, 1.82) is 0 Å². The number of amides is 1. The molecule has 0 radical (unpaired) electrons. The molecule has 2 heterocycles. The van der Waals surface area contributed by atoms with Gasteiger partial charge in [0, 0.05) is 38.6 Å². The van der Waals surface area contributed by atoms with Crippen LogP contribution in [0.3, 0.4) is 0 Å². The Morgan fingerprint density at radius 1 is 1.29 bits per heavy atom. The fourth-order valence-electron chi connectivity index (χ4n) is 2.16. The number of carbonyl (C=O) groups is 1. The van der Waals surface area contributed by atoms with Crippen LogP contribution in [0.15, 0.2) is 12.4 Å². The second-order valence-electron chi connectivity index (χ2n) is 5.31. The van der Waals surface area contributed by atoms with Crippen LogP contribution in [0.1, 0.15) is 18.9 Å². The highest BCUT2D eigenvalue weighted by Crippen LogP contribution is 2.28. The second-order valence-corrected chi connectivity index (χ2v) is 5.89. The number of carbonyl (C=O) groups excluding carboxylic acids is 1. The maximum absolute atomic E-state index is 12.5. The zero-order chi connectivity index (χ0) is 17.7. The van der Waals surface area contributed by atoms with Gasteiger partial charge in [0.15, 0.2) is 0 Å². The molecule has 6 nitrogen and oxygen atoms in total. The lowest BCUT2D eigenvalue weighted by atomic mass is 10.3. The molecule has 1 saturated heterocycles. The summed E-state index contributed by atoms with van der Waals surface area (Å²) in [6, 6.07) is 0. The van der Waals surface area contributed by atoms with Crippen LogP contribution < -0.4 is 4.90 Å². The number of hydrogen-bond acceptors (Lipinski definition) is 6. The van der Waals surface area contributed by atoms with E-state index < -0.39 is 11.7 Å². The first-order chi connectivity index (χ1) is 11.3. The van der Waals surface area contributed by atoms with Crippen molar-refractivity contribution in [3.05, 3.63) is 18.0 Å². The van der Waals surface area contributed by atoms with Gasteiger partial charge in [0.1, 0.15) is 12.0 Å². The molecular weight excluding hydrogens is 345 g/mol. The van der Waals surface area contributed by atoms with Crippen molar-refractivity contribution in [2.75, 3.05) is 37.7 Å².